The number of hydrogen-bond donors (Lipinski definition) is 1. The highest BCUT2D eigenvalue weighted by Crippen LogP contribution is 2.31. The van der Waals surface area contributed by atoms with E-state index in [9.17, 15) is 4.79 Å². The molecule has 0 aliphatic heterocycles. The smallest absolute Gasteiger partial charge is 0.259 e. The summed E-state index contributed by atoms with van der Waals surface area (Å²) < 4.78 is 10.6. The van der Waals surface area contributed by atoms with Crippen LogP contribution in [0.3, 0.4) is 0 Å². The molecule has 0 spiro atoms. The van der Waals surface area contributed by atoms with E-state index in [1.165, 1.54) is 0 Å². The second-order valence-corrected chi connectivity index (χ2v) is 6.51. The van der Waals surface area contributed by atoms with Crippen molar-refractivity contribution < 1.29 is 14.3 Å². The van der Waals surface area contributed by atoms with Crippen LogP contribution in [0.15, 0.2) is 60.8 Å². The molecule has 0 saturated heterocycles. The van der Waals surface area contributed by atoms with Crippen molar-refractivity contribution in [1.29, 1.82) is 0 Å². The number of nitrogens with one attached hydrogen (secondary N) is 1. The summed E-state index contributed by atoms with van der Waals surface area (Å²) in [6.45, 7) is 4.54. The van der Waals surface area contributed by atoms with Gasteiger partial charge in [0.05, 0.1) is 25.5 Å². The molecule has 2 aromatic carbocycles. The third kappa shape index (κ3) is 4.66. The van der Waals surface area contributed by atoms with E-state index in [2.05, 4.69) is 10.3 Å². The van der Waals surface area contributed by atoms with Crippen LogP contribution in [0, 0.1) is 6.92 Å². The van der Waals surface area contributed by atoms with Gasteiger partial charge in [0.25, 0.3) is 5.91 Å². The molecule has 0 saturated carbocycles. The number of aromatic nitrogens is 1. The van der Waals surface area contributed by atoms with Crippen molar-refractivity contribution in [1.82, 2.24) is 4.98 Å². The number of nitrogens with zero attached hydrogens (tertiary/aromatic N) is 2. The molecule has 1 amide bonds. The number of rotatable bonds is 7. The molecule has 0 atom stereocenters. The molecule has 6 heteroatoms. The summed E-state index contributed by atoms with van der Waals surface area (Å²) >= 11 is 0. The largest absolute Gasteiger partial charge is 0.497 e. The fourth-order valence-corrected chi connectivity index (χ4v) is 3.04. The second kappa shape index (κ2) is 9.10. The number of benzene rings is 2. The Kier molecular flexibility index (Phi) is 6.34. The zero-order valence-corrected chi connectivity index (χ0v) is 17.1. The maximum absolute atomic E-state index is 13.0. The minimum Gasteiger partial charge on any atom is -0.497 e. The van der Waals surface area contributed by atoms with E-state index in [4.69, 9.17) is 9.47 Å². The van der Waals surface area contributed by atoms with E-state index in [0.717, 1.165) is 16.9 Å². The predicted octanol–water partition coefficient (Wildman–Crippen LogP) is 4.82. The number of ether oxygens (including phenoxy) is 2. The number of carbonyl (C=O) groups is 1. The molecule has 6 nitrogen and oxygen atoms in total. The zero-order chi connectivity index (χ0) is 20.8. The second-order valence-electron chi connectivity index (χ2n) is 6.51. The third-order valence-electron chi connectivity index (χ3n) is 4.55. The van der Waals surface area contributed by atoms with Crippen LogP contribution in [0.1, 0.15) is 22.8 Å². The van der Waals surface area contributed by atoms with Crippen LogP contribution in [0.4, 0.5) is 17.2 Å². The molecule has 3 rings (SSSR count). The lowest BCUT2D eigenvalue weighted by Gasteiger charge is -2.21. The molecule has 150 valence electrons. The number of carbonyl (C=O) groups excluding carboxylic acids is 1. The van der Waals surface area contributed by atoms with Gasteiger partial charge in [0.15, 0.2) is 0 Å². The summed E-state index contributed by atoms with van der Waals surface area (Å²) in [6, 6.07) is 16.9. The average molecular weight is 391 g/mol. The van der Waals surface area contributed by atoms with Gasteiger partial charge in [0, 0.05) is 24.5 Å². The first-order valence-electron chi connectivity index (χ1n) is 9.39. The van der Waals surface area contributed by atoms with E-state index in [-0.39, 0.29) is 5.91 Å². The van der Waals surface area contributed by atoms with Gasteiger partial charge in [-0.2, -0.15) is 0 Å². The Balaban J connectivity index is 1.80. The molecule has 3 aromatic rings. The Morgan fingerprint density at radius 3 is 2.52 bits per heavy atom. The highest BCUT2D eigenvalue weighted by molar-refractivity contribution is 6.06. The molecule has 0 radical (unpaired) electrons. The number of methoxy groups -OCH3 is 2. The van der Waals surface area contributed by atoms with E-state index >= 15 is 0 Å². The number of anilines is 3. The maximum atomic E-state index is 13.0. The topological polar surface area (TPSA) is 63.7 Å². The molecule has 1 N–H and O–H groups in total. The Labute approximate surface area is 171 Å². The molecular weight excluding hydrogens is 366 g/mol. The zero-order valence-electron chi connectivity index (χ0n) is 17.1. The summed E-state index contributed by atoms with van der Waals surface area (Å²) in [5.41, 5.74) is 3.24. The number of pyridine rings is 1. The van der Waals surface area contributed by atoms with Gasteiger partial charge in [-0.25, -0.2) is 4.98 Å². The highest BCUT2D eigenvalue weighted by atomic mass is 16.5. The molecule has 0 aliphatic rings. The minimum absolute atomic E-state index is 0.0869. The van der Waals surface area contributed by atoms with Crippen molar-refractivity contribution >= 4 is 23.1 Å². The van der Waals surface area contributed by atoms with Crippen LogP contribution >= 0.6 is 0 Å². The first kappa shape index (κ1) is 20.2. The van der Waals surface area contributed by atoms with E-state index in [1.54, 1.807) is 37.4 Å². The number of amides is 1. The minimum atomic E-state index is -0.0869. The highest BCUT2D eigenvalue weighted by Gasteiger charge is 2.17. The average Bonchev–Trinajstić information content (AvgIpc) is 2.74. The predicted molar refractivity (Wildman–Crippen MR) is 116 cm³/mol. The molecule has 1 aromatic heterocycles. The van der Waals surface area contributed by atoms with Gasteiger partial charge in [0.2, 0.25) is 0 Å². The molecule has 1 heterocycles. The van der Waals surface area contributed by atoms with Crippen molar-refractivity contribution in [2.24, 2.45) is 0 Å². The van der Waals surface area contributed by atoms with Crippen molar-refractivity contribution in [3.63, 3.8) is 0 Å². The maximum Gasteiger partial charge on any atom is 0.259 e. The van der Waals surface area contributed by atoms with Crippen molar-refractivity contribution in [3.8, 4) is 11.5 Å². The van der Waals surface area contributed by atoms with Gasteiger partial charge in [0.1, 0.15) is 17.3 Å². The monoisotopic (exact) mass is 391 g/mol. The Bertz CT molecular complexity index is 987. The Morgan fingerprint density at radius 1 is 1.07 bits per heavy atom. The normalized spacial score (nSPS) is 10.3. The summed E-state index contributed by atoms with van der Waals surface area (Å²) in [4.78, 5) is 19.1. The lowest BCUT2D eigenvalue weighted by molar-refractivity contribution is 0.0988. The fourth-order valence-electron chi connectivity index (χ4n) is 3.04. The lowest BCUT2D eigenvalue weighted by Crippen LogP contribution is -2.30. The van der Waals surface area contributed by atoms with Crippen LogP contribution < -0.4 is 19.7 Å². The molecule has 0 aliphatic carbocycles. The molecular formula is C23H25N3O3. The Morgan fingerprint density at radius 2 is 1.90 bits per heavy atom. The number of hydrogen-bond acceptors (Lipinski definition) is 5. The van der Waals surface area contributed by atoms with E-state index in [1.807, 2.05) is 56.3 Å². The fraction of sp³-hybridized carbons (Fsp3) is 0.217. The van der Waals surface area contributed by atoms with Gasteiger partial charge in [-0.05, 0) is 55.8 Å². The van der Waals surface area contributed by atoms with Crippen LogP contribution in [-0.4, -0.2) is 31.7 Å². The Hall–Kier alpha value is -3.54. The summed E-state index contributed by atoms with van der Waals surface area (Å²) in [7, 11) is 3.21. The van der Waals surface area contributed by atoms with E-state index < -0.39 is 0 Å². The number of aryl methyl sites for hydroxylation is 1. The summed E-state index contributed by atoms with van der Waals surface area (Å²) in [5, 5.41) is 3.21. The molecule has 29 heavy (non-hydrogen) atoms. The van der Waals surface area contributed by atoms with Crippen LogP contribution in [-0.2, 0) is 0 Å². The first-order chi connectivity index (χ1) is 14.0. The van der Waals surface area contributed by atoms with Gasteiger partial charge in [-0.15, -0.1) is 0 Å². The first-order valence-corrected chi connectivity index (χ1v) is 9.39. The SMILES string of the molecule is CCN(C(=O)c1ccc(Nc2cc(OC)ccc2OC)nc1)c1cccc(C)c1. The van der Waals surface area contributed by atoms with Gasteiger partial charge >= 0.3 is 0 Å². The van der Waals surface area contributed by atoms with Gasteiger partial charge < -0.3 is 19.7 Å². The van der Waals surface area contributed by atoms with Crippen molar-refractivity contribution in [2.75, 3.05) is 31.0 Å². The van der Waals surface area contributed by atoms with Crippen molar-refractivity contribution in [2.45, 2.75) is 13.8 Å². The quantitative estimate of drug-likeness (QED) is 0.626. The molecule has 0 bridgehead atoms. The van der Waals surface area contributed by atoms with Crippen molar-refractivity contribution in [3.05, 3.63) is 71.9 Å². The van der Waals surface area contributed by atoms with E-state index in [0.29, 0.717) is 29.4 Å². The lowest BCUT2D eigenvalue weighted by atomic mass is 10.1. The van der Waals surface area contributed by atoms with Crippen LogP contribution in [0.5, 0.6) is 11.5 Å². The van der Waals surface area contributed by atoms with Crippen LogP contribution in [0.25, 0.3) is 0 Å². The van der Waals surface area contributed by atoms with Gasteiger partial charge in [-0.1, -0.05) is 12.1 Å². The summed E-state index contributed by atoms with van der Waals surface area (Å²) in [6.07, 6.45) is 1.58. The van der Waals surface area contributed by atoms with Gasteiger partial charge in [-0.3, -0.25) is 4.79 Å². The standard InChI is InChI=1S/C23H25N3O3/c1-5-26(18-8-6-7-16(2)13-18)23(27)17-9-12-22(24-15-17)25-20-14-19(28-3)10-11-21(20)29-4/h6-15H,5H2,1-4H3,(H,24,25). The molecule has 0 unspecified atom stereocenters. The van der Waals surface area contributed by atoms with Crippen LogP contribution in [0.2, 0.25) is 0 Å². The third-order valence-corrected chi connectivity index (χ3v) is 4.55. The molecule has 0 fully saturated rings. The summed E-state index contributed by atoms with van der Waals surface area (Å²) in [5.74, 6) is 1.89.